The van der Waals surface area contributed by atoms with Gasteiger partial charge in [-0.15, -0.1) is 0 Å². The molecule has 0 atom stereocenters. The van der Waals surface area contributed by atoms with Crippen molar-refractivity contribution in [3.05, 3.63) is 100 Å². The largest absolute Gasteiger partial charge is 0.497 e. The van der Waals surface area contributed by atoms with Crippen LogP contribution in [0.3, 0.4) is 0 Å². The molecule has 0 saturated carbocycles. The van der Waals surface area contributed by atoms with Crippen molar-refractivity contribution in [1.82, 2.24) is 9.80 Å². The van der Waals surface area contributed by atoms with Crippen LogP contribution in [0, 0.1) is 0 Å². The fraction of sp³-hybridized carbons (Fsp3) is 0.207. The fourth-order valence-electron chi connectivity index (χ4n) is 4.47. The van der Waals surface area contributed by atoms with E-state index < -0.39 is 0 Å². The van der Waals surface area contributed by atoms with Crippen LogP contribution in [0.5, 0.6) is 5.75 Å². The zero-order valence-corrected chi connectivity index (χ0v) is 21.3. The van der Waals surface area contributed by atoms with Crippen LogP contribution in [0.4, 0.5) is 10.5 Å². The highest BCUT2D eigenvalue weighted by molar-refractivity contribution is 8.18. The Morgan fingerprint density at radius 2 is 1.68 bits per heavy atom. The molecule has 0 aliphatic carbocycles. The number of amides is 3. The molecule has 0 aromatic heterocycles. The second-order valence-corrected chi connectivity index (χ2v) is 9.85. The molecule has 2 aliphatic heterocycles. The van der Waals surface area contributed by atoms with Crippen molar-refractivity contribution < 1.29 is 19.1 Å². The van der Waals surface area contributed by atoms with Gasteiger partial charge in [-0.05, 0) is 53.2 Å². The van der Waals surface area contributed by atoms with E-state index in [0.29, 0.717) is 29.1 Å². The third kappa shape index (κ3) is 5.54. The van der Waals surface area contributed by atoms with Gasteiger partial charge in [0.25, 0.3) is 17.1 Å². The molecule has 3 aromatic rings. The minimum Gasteiger partial charge on any atom is -0.497 e. The standard InChI is InChI=1S/C29H27N3O4S/c1-36-25-12-6-11-24(19-25)30-13-15-31(16-14-30)27(33)23-10-5-9-22(17-23)18-26-28(34)32(29(35)37-26)20-21-7-3-2-4-8-21/h2-12,17-19H,13-16,20H2,1H3/b26-18-. The summed E-state index contributed by atoms with van der Waals surface area (Å²) in [5.41, 5.74) is 3.25. The Morgan fingerprint density at radius 3 is 2.43 bits per heavy atom. The number of anilines is 1. The van der Waals surface area contributed by atoms with Crippen LogP contribution >= 0.6 is 11.8 Å². The monoisotopic (exact) mass is 513 g/mol. The molecular weight excluding hydrogens is 486 g/mol. The molecule has 0 spiro atoms. The van der Waals surface area contributed by atoms with Gasteiger partial charge in [0.1, 0.15) is 5.75 Å². The first kappa shape index (κ1) is 24.6. The Balaban J connectivity index is 1.24. The highest BCUT2D eigenvalue weighted by Gasteiger charge is 2.35. The number of nitrogens with zero attached hydrogens (tertiary/aromatic N) is 3. The summed E-state index contributed by atoms with van der Waals surface area (Å²) in [7, 11) is 1.65. The number of rotatable bonds is 6. The molecule has 2 heterocycles. The normalized spacial score (nSPS) is 17.0. The van der Waals surface area contributed by atoms with Gasteiger partial charge >= 0.3 is 0 Å². The van der Waals surface area contributed by atoms with Crippen LogP contribution in [-0.4, -0.2) is 60.1 Å². The van der Waals surface area contributed by atoms with E-state index in [9.17, 15) is 14.4 Å². The molecule has 8 heteroatoms. The van der Waals surface area contributed by atoms with Crippen LogP contribution in [0.1, 0.15) is 21.5 Å². The molecule has 2 fully saturated rings. The highest BCUT2D eigenvalue weighted by Crippen LogP contribution is 2.33. The van der Waals surface area contributed by atoms with Crippen LogP contribution in [0.25, 0.3) is 6.08 Å². The first-order valence-electron chi connectivity index (χ1n) is 12.1. The van der Waals surface area contributed by atoms with Crippen molar-refractivity contribution in [3.63, 3.8) is 0 Å². The third-order valence-corrected chi connectivity index (χ3v) is 7.38. The lowest BCUT2D eigenvalue weighted by Crippen LogP contribution is -2.48. The molecule has 3 aromatic carbocycles. The maximum atomic E-state index is 13.2. The van der Waals surface area contributed by atoms with Gasteiger partial charge in [-0.25, -0.2) is 0 Å². The fourth-order valence-corrected chi connectivity index (χ4v) is 5.31. The summed E-state index contributed by atoms with van der Waals surface area (Å²) in [4.78, 5) is 44.3. The summed E-state index contributed by atoms with van der Waals surface area (Å²) in [5, 5.41) is -0.291. The van der Waals surface area contributed by atoms with Gasteiger partial charge < -0.3 is 14.5 Å². The lowest BCUT2D eigenvalue weighted by Gasteiger charge is -2.36. The van der Waals surface area contributed by atoms with Crippen LogP contribution in [0.15, 0.2) is 83.8 Å². The van der Waals surface area contributed by atoms with E-state index in [4.69, 9.17) is 4.74 Å². The lowest BCUT2D eigenvalue weighted by molar-refractivity contribution is -0.123. The van der Waals surface area contributed by atoms with E-state index in [2.05, 4.69) is 4.90 Å². The van der Waals surface area contributed by atoms with Crippen molar-refractivity contribution in [1.29, 1.82) is 0 Å². The van der Waals surface area contributed by atoms with E-state index >= 15 is 0 Å². The maximum Gasteiger partial charge on any atom is 0.293 e. The number of hydrogen-bond acceptors (Lipinski definition) is 6. The Bertz CT molecular complexity index is 1350. The molecule has 0 radical (unpaired) electrons. The summed E-state index contributed by atoms with van der Waals surface area (Å²) in [6.07, 6.45) is 1.69. The zero-order valence-electron chi connectivity index (χ0n) is 20.5. The Hall–Kier alpha value is -4.04. The summed E-state index contributed by atoms with van der Waals surface area (Å²) in [6, 6.07) is 24.6. The molecule has 2 saturated heterocycles. The Morgan fingerprint density at radius 1 is 0.919 bits per heavy atom. The minimum absolute atomic E-state index is 0.0438. The number of hydrogen-bond donors (Lipinski definition) is 0. The van der Waals surface area contributed by atoms with Gasteiger partial charge in [0.2, 0.25) is 0 Å². The SMILES string of the molecule is COc1cccc(N2CCN(C(=O)c3cccc(/C=C4\SC(=O)N(Cc5ccccc5)C4=O)c3)CC2)c1. The van der Waals surface area contributed by atoms with E-state index in [1.165, 1.54) is 4.90 Å². The number of carbonyl (C=O) groups is 3. The second-order valence-electron chi connectivity index (χ2n) is 8.86. The van der Waals surface area contributed by atoms with E-state index in [0.717, 1.165) is 41.9 Å². The number of imide groups is 1. The van der Waals surface area contributed by atoms with Gasteiger partial charge in [-0.2, -0.15) is 0 Å². The van der Waals surface area contributed by atoms with Crippen LogP contribution in [0.2, 0.25) is 0 Å². The van der Waals surface area contributed by atoms with E-state index in [1.54, 1.807) is 31.4 Å². The van der Waals surface area contributed by atoms with Gasteiger partial charge in [0.15, 0.2) is 0 Å². The Labute approximate surface area is 220 Å². The number of benzene rings is 3. The van der Waals surface area contributed by atoms with Gasteiger partial charge in [0, 0.05) is 43.5 Å². The number of thioether (sulfide) groups is 1. The second kappa shape index (κ2) is 10.9. The number of methoxy groups -OCH3 is 1. The molecule has 3 amide bonds. The molecule has 5 rings (SSSR count). The number of carbonyl (C=O) groups excluding carboxylic acids is 3. The van der Waals surface area contributed by atoms with Crippen LogP contribution in [-0.2, 0) is 11.3 Å². The molecule has 37 heavy (non-hydrogen) atoms. The first-order valence-corrected chi connectivity index (χ1v) is 12.9. The number of ether oxygens (including phenoxy) is 1. The topological polar surface area (TPSA) is 70.2 Å². The minimum atomic E-state index is -0.316. The molecule has 7 nitrogen and oxygen atoms in total. The molecule has 0 N–H and O–H groups in total. The molecular formula is C29H27N3O4S. The van der Waals surface area contributed by atoms with E-state index in [-0.39, 0.29) is 23.6 Å². The molecule has 188 valence electrons. The predicted octanol–water partition coefficient (Wildman–Crippen LogP) is 4.89. The summed E-state index contributed by atoms with van der Waals surface area (Å²) in [5.74, 6) is 0.452. The van der Waals surface area contributed by atoms with Crippen LogP contribution < -0.4 is 9.64 Å². The quantitative estimate of drug-likeness (QED) is 0.437. The predicted molar refractivity (Wildman–Crippen MR) is 146 cm³/mol. The lowest BCUT2D eigenvalue weighted by atomic mass is 10.1. The van der Waals surface area contributed by atoms with Gasteiger partial charge in [-0.3, -0.25) is 19.3 Å². The summed E-state index contributed by atoms with van der Waals surface area (Å²) >= 11 is 0.928. The first-order chi connectivity index (χ1) is 18.0. The molecule has 0 bridgehead atoms. The van der Waals surface area contributed by atoms with Gasteiger partial charge in [0.05, 0.1) is 18.6 Å². The molecule has 0 unspecified atom stereocenters. The third-order valence-electron chi connectivity index (χ3n) is 6.47. The van der Waals surface area contributed by atoms with Crippen molar-refractivity contribution in [2.45, 2.75) is 6.54 Å². The van der Waals surface area contributed by atoms with Crippen molar-refractivity contribution in [2.75, 3.05) is 38.2 Å². The average molecular weight is 514 g/mol. The zero-order chi connectivity index (χ0) is 25.8. The smallest absolute Gasteiger partial charge is 0.293 e. The average Bonchev–Trinajstić information content (AvgIpc) is 3.20. The van der Waals surface area contributed by atoms with Crippen molar-refractivity contribution in [2.24, 2.45) is 0 Å². The van der Waals surface area contributed by atoms with Gasteiger partial charge in [-0.1, -0.05) is 48.5 Å². The number of piperazine rings is 1. The summed E-state index contributed by atoms with van der Waals surface area (Å²) in [6.45, 7) is 2.92. The van der Waals surface area contributed by atoms with Crippen molar-refractivity contribution in [3.8, 4) is 5.75 Å². The highest BCUT2D eigenvalue weighted by atomic mass is 32.2. The van der Waals surface area contributed by atoms with E-state index in [1.807, 2.05) is 65.6 Å². The Kier molecular flexibility index (Phi) is 7.28. The molecule has 2 aliphatic rings. The van der Waals surface area contributed by atoms with Crippen molar-refractivity contribution >= 4 is 40.6 Å². The summed E-state index contributed by atoms with van der Waals surface area (Å²) < 4.78 is 5.33. The maximum absolute atomic E-state index is 13.2.